The Labute approximate surface area is 199 Å². The molecule has 2 aromatic carbocycles. The first kappa shape index (κ1) is 23.2. The van der Waals surface area contributed by atoms with Crippen molar-refractivity contribution in [3.05, 3.63) is 78.1 Å². The molecule has 1 atom stereocenters. The van der Waals surface area contributed by atoms with E-state index in [2.05, 4.69) is 9.97 Å². The standard InChI is InChI=1S/C26H28N4O4/c1-18(2)33-22-10-8-20(9-11-22)24-17-29(19(3)31)14-15-30(24)25(32)21-6-4-7-23(16-21)34-26-27-12-5-13-28-26/h4-13,16,18,24H,14-15,17H2,1-3H3/t24-/m1/s1. The van der Waals surface area contributed by atoms with Crippen molar-refractivity contribution in [3.8, 4) is 17.5 Å². The number of rotatable bonds is 6. The highest BCUT2D eigenvalue weighted by molar-refractivity contribution is 5.95. The molecule has 1 fully saturated rings. The van der Waals surface area contributed by atoms with Crippen molar-refractivity contribution in [3.63, 3.8) is 0 Å². The van der Waals surface area contributed by atoms with Gasteiger partial charge in [-0.3, -0.25) is 9.59 Å². The Kier molecular flexibility index (Phi) is 7.06. The molecule has 34 heavy (non-hydrogen) atoms. The summed E-state index contributed by atoms with van der Waals surface area (Å²) in [6.45, 7) is 6.85. The lowest BCUT2D eigenvalue weighted by molar-refractivity contribution is -0.131. The van der Waals surface area contributed by atoms with Crippen LogP contribution in [0.5, 0.6) is 17.5 Å². The van der Waals surface area contributed by atoms with Crippen LogP contribution in [0.3, 0.4) is 0 Å². The summed E-state index contributed by atoms with van der Waals surface area (Å²) in [5.74, 6) is 1.11. The quantitative estimate of drug-likeness (QED) is 0.551. The maximum absolute atomic E-state index is 13.6. The van der Waals surface area contributed by atoms with Crippen molar-refractivity contribution in [2.24, 2.45) is 0 Å². The van der Waals surface area contributed by atoms with Crippen LogP contribution in [-0.4, -0.2) is 57.3 Å². The number of carbonyl (C=O) groups is 2. The molecule has 1 aliphatic heterocycles. The molecule has 2 amide bonds. The molecule has 1 aromatic heterocycles. The van der Waals surface area contributed by atoms with Crippen molar-refractivity contribution in [1.82, 2.24) is 19.8 Å². The highest BCUT2D eigenvalue weighted by atomic mass is 16.5. The Hall–Kier alpha value is -3.94. The molecule has 4 rings (SSSR count). The highest BCUT2D eigenvalue weighted by Crippen LogP contribution is 2.30. The fourth-order valence-corrected chi connectivity index (χ4v) is 3.94. The summed E-state index contributed by atoms with van der Waals surface area (Å²) in [5.41, 5.74) is 1.44. The Balaban J connectivity index is 1.58. The highest BCUT2D eigenvalue weighted by Gasteiger charge is 2.33. The summed E-state index contributed by atoms with van der Waals surface area (Å²) in [5, 5.41) is 0. The predicted molar refractivity (Wildman–Crippen MR) is 127 cm³/mol. The molecule has 176 valence electrons. The molecule has 0 N–H and O–H groups in total. The van der Waals surface area contributed by atoms with Crippen LogP contribution in [0.2, 0.25) is 0 Å². The van der Waals surface area contributed by atoms with Crippen LogP contribution in [0.25, 0.3) is 0 Å². The lowest BCUT2D eigenvalue weighted by Gasteiger charge is -2.41. The van der Waals surface area contributed by atoms with E-state index in [9.17, 15) is 9.59 Å². The fourth-order valence-electron chi connectivity index (χ4n) is 3.94. The summed E-state index contributed by atoms with van der Waals surface area (Å²) in [6.07, 6.45) is 3.25. The number of piperazine rings is 1. The van der Waals surface area contributed by atoms with Gasteiger partial charge in [0.15, 0.2) is 0 Å². The zero-order chi connectivity index (χ0) is 24.1. The second-order valence-electron chi connectivity index (χ2n) is 8.38. The van der Waals surface area contributed by atoms with Crippen molar-refractivity contribution in [2.75, 3.05) is 19.6 Å². The average molecular weight is 461 g/mol. The monoisotopic (exact) mass is 460 g/mol. The molecule has 0 spiro atoms. The zero-order valence-electron chi connectivity index (χ0n) is 19.5. The summed E-state index contributed by atoms with van der Waals surface area (Å²) < 4.78 is 11.5. The molecule has 8 heteroatoms. The summed E-state index contributed by atoms with van der Waals surface area (Å²) in [4.78, 5) is 37.4. The van der Waals surface area contributed by atoms with Crippen molar-refractivity contribution in [1.29, 1.82) is 0 Å². The number of benzene rings is 2. The minimum Gasteiger partial charge on any atom is -0.491 e. The van der Waals surface area contributed by atoms with Crippen LogP contribution in [0, 0.1) is 0 Å². The van der Waals surface area contributed by atoms with Gasteiger partial charge in [-0.25, -0.2) is 9.97 Å². The lowest BCUT2D eigenvalue weighted by Crippen LogP contribution is -2.51. The van der Waals surface area contributed by atoms with Gasteiger partial charge >= 0.3 is 6.01 Å². The molecule has 1 saturated heterocycles. The number of carbonyl (C=O) groups excluding carboxylic acids is 2. The molecular formula is C26H28N4O4. The first-order valence-corrected chi connectivity index (χ1v) is 11.3. The molecule has 0 unspecified atom stereocenters. The second kappa shape index (κ2) is 10.3. The third-order valence-electron chi connectivity index (χ3n) is 5.56. The van der Waals surface area contributed by atoms with Crippen molar-refractivity contribution >= 4 is 11.8 Å². The fraction of sp³-hybridized carbons (Fsp3) is 0.308. The number of hydrogen-bond acceptors (Lipinski definition) is 6. The molecule has 2 heterocycles. The number of ether oxygens (including phenoxy) is 2. The van der Waals surface area contributed by atoms with E-state index < -0.39 is 0 Å². The topological polar surface area (TPSA) is 84.9 Å². The Morgan fingerprint density at radius 3 is 2.38 bits per heavy atom. The summed E-state index contributed by atoms with van der Waals surface area (Å²) >= 11 is 0. The molecule has 1 aliphatic rings. The molecule has 3 aromatic rings. The van der Waals surface area contributed by atoms with Crippen molar-refractivity contribution in [2.45, 2.75) is 32.9 Å². The van der Waals surface area contributed by atoms with E-state index in [0.29, 0.717) is 30.9 Å². The van der Waals surface area contributed by atoms with Gasteiger partial charge in [0.1, 0.15) is 11.5 Å². The van der Waals surface area contributed by atoms with Crippen molar-refractivity contribution < 1.29 is 19.1 Å². The van der Waals surface area contributed by atoms with Crippen LogP contribution in [0.1, 0.15) is 42.7 Å². The molecule has 8 nitrogen and oxygen atoms in total. The van der Waals surface area contributed by atoms with Gasteiger partial charge < -0.3 is 19.3 Å². The van der Waals surface area contributed by atoms with Gasteiger partial charge in [0.2, 0.25) is 5.91 Å². The van der Waals surface area contributed by atoms with Crippen LogP contribution in [-0.2, 0) is 4.79 Å². The normalized spacial score (nSPS) is 15.8. The summed E-state index contributed by atoms with van der Waals surface area (Å²) in [6, 6.07) is 16.3. The minimum atomic E-state index is -0.278. The first-order valence-electron chi connectivity index (χ1n) is 11.3. The Bertz CT molecular complexity index is 1140. The van der Waals surface area contributed by atoms with Gasteiger partial charge in [-0.1, -0.05) is 18.2 Å². The SMILES string of the molecule is CC(=O)N1CCN(C(=O)c2cccc(Oc3ncccn3)c2)[C@@H](c2ccc(OC(C)C)cc2)C1. The third-order valence-corrected chi connectivity index (χ3v) is 5.56. The van der Waals surface area contributed by atoms with E-state index in [0.717, 1.165) is 11.3 Å². The Morgan fingerprint density at radius 1 is 0.971 bits per heavy atom. The van der Waals surface area contributed by atoms with Gasteiger partial charge in [-0.15, -0.1) is 0 Å². The van der Waals surface area contributed by atoms with Crippen LogP contribution >= 0.6 is 0 Å². The average Bonchev–Trinajstić information content (AvgIpc) is 2.84. The Morgan fingerprint density at radius 2 is 1.71 bits per heavy atom. The zero-order valence-corrected chi connectivity index (χ0v) is 19.5. The van der Waals surface area contributed by atoms with Crippen LogP contribution in [0.15, 0.2) is 67.0 Å². The molecule has 0 radical (unpaired) electrons. The van der Waals surface area contributed by atoms with Gasteiger partial charge in [0.05, 0.1) is 12.1 Å². The van der Waals surface area contributed by atoms with E-state index in [-0.39, 0.29) is 30.0 Å². The molecular weight excluding hydrogens is 432 g/mol. The van der Waals surface area contributed by atoms with Crippen LogP contribution < -0.4 is 9.47 Å². The lowest BCUT2D eigenvalue weighted by atomic mass is 10.0. The van der Waals surface area contributed by atoms with E-state index in [1.807, 2.05) is 43.0 Å². The maximum Gasteiger partial charge on any atom is 0.321 e. The molecule has 0 aliphatic carbocycles. The largest absolute Gasteiger partial charge is 0.491 e. The van der Waals surface area contributed by atoms with Gasteiger partial charge in [0, 0.05) is 44.5 Å². The van der Waals surface area contributed by atoms with E-state index in [4.69, 9.17) is 9.47 Å². The number of aromatic nitrogens is 2. The van der Waals surface area contributed by atoms with E-state index in [1.54, 1.807) is 54.5 Å². The van der Waals surface area contributed by atoms with E-state index >= 15 is 0 Å². The van der Waals surface area contributed by atoms with Crippen LogP contribution in [0.4, 0.5) is 0 Å². The molecule has 0 bridgehead atoms. The van der Waals surface area contributed by atoms with Gasteiger partial charge in [-0.2, -0.15) is 0 Å². The maximum atomic E-state index is 13.6. The minimum absolute atomic E-state index is 0.00452. The van der Waals surface area contributed by atoms with E-state index in [1.165, 1.54) is 0 Å². The smallest absolute Gasteiger partial charge is 0.321 e. The van der Waals surface area contributed by atoms with Gasteiger partial charge in [-0.05, 0) is 55.8 Å². The number of nitrogens with zero attached hydrogens (tertiary/aromatic N) is 4. The molecule has 0 saturated carbocycles. The van der Waals surface area contributed by atoms with Gasteiger partial charge in [0.25, 0.3) is 5.91 Å². The number of amides is 2. The predicted octanol–water partition coefficient (Wildman–Crippen LogP) is 4.10. The number of hydrogen-bond donors (Lipinski definition) is 0. The second-order valence-corrected chi connectivity index (χ2v) is 8.38. The third kappa shape index (κ3) is 5.51. The first-order chi connectivity index (χ1) is 16.4. The summed E-state index contributed by atoms with van der Waals surface area (Å²) in [7, 11) is 0.